The Balaban J connectivity index is 1.56. The number of rotatable bonds is 5. The highest BCUT2D eigenvalue weighted by molar-refractivity contribution is 6.02. The highest BCUT2D eigenvalue weighted by atomic mass is 16.6. The third kappa shape index (κ3) is 4.45. The van der Waals surface area contributed by atoms with Crippen molar-refractivity contribution in [1.82, 2.24) is 4.90 Å². The van der Waals surface area contributed by atoms with E-state index in [0.717, 1.165) is 31.6 Å². The van der Waals surface area contributed by atoms with Crippen molar-refractivity contribution in [3.8, 4) is 0 Å². The molecular weight excluding hydrogens is 322 g/mol. The van der Waals surface area contributed by atoms with Crippen LogP contribution >= 0.6 is 0 Å². The number of nitro groups is 1. The summed E-state index contributed by atoms with van der Waals surface area (Å²) in [7, 11) is 0. The van der Waals surface area contributed by atoms with E-state index in [1.54, 1.807) is 0 Å². The number of carbonyl (C=O) groups excluding carboxylic acids is 1. The van der Waals surface area contributed by atoms with Crippen LogP contribution in [0.5, 0.6) is 0 Å². The van der Waals surface area contributed by atoms with Crippen LogP contribution < -0.4 is 5.32 Å². The molecule has 1 aromatic heterocycles. The number of carbonyl (C=O) groups is 1. The van der Waals surface area contributed by atoms with Crippen LogP contribution in [0.15, 0.2) is 40.8 Å². The zero-order valence-corrected chi connectivity index (χ0v) is 14.1. The van der Waals surface area contributed by atoms with Gasteiger partial charge in [-0.2, -0.15) is 0 Å². The molecule has 2 aromatic rings. The summed E-state index contributed by atoms with van der Waals surface area (Å²) in [5.74, 6) is -0.230. The van der Waals surface area contributed by atoms with Crippen molar-refractivity contribution >= 4 is 17.5 Å². The van der Waals surface area contributed by atoms with Gasteiger partial charge in [-0.25, -0.2) is 0 Å². The van der Waals surface area contributed by atoms with Gasteiger partial charge in [0.05, 0.1) is 6.07 Å². The molecule has 0 atom stereocenters. The fourth-order valence-electron chi connectivity index (χ4n) is 2.91. The zero-order chi connectivity index (χ0) is 17.8. The van der Waals surface area contributed by atoms with Crippen LogP contribution in [-0.2, 0) is 6.54 Å². The van der Waals surface area contributed by atoms with Crippen LogP contribution in [0.1, 0.15) is 35.9 Å². The maximum Gasteiger partial charge on any atom is 0.433 e. The van der Waals surface area contributed by atoms with Gasteiger partial charge in [0.2, 0.25) is 0 Å². The summed E-state index contributed by atoms with van der Waals surface area (Å²) in [6.07, 6.45) is 2.48. The lowest BCUT2D eigenvalue weighted by Crippen LogP contribution is -2.32. The quantitative estimate of drug-likeness (QED) is 0.661. The van der Waals surface area contributed by atoms with E-state index in [9.17, 15) is 14.9 Å². The number of furan rings is 1. The monoisotopic (exact) mass is 343 g/mol. The molecule has 1 saturated heterocycles. The summed E-state index contributed by atoms with van der Waals surface area (Å²) in [4.78, 5) is 24.4. The van der Waals surface area contributed by atoms with E-state index < -0.39 is 16.7 Å². The van der Waals surface area contributed by atoms with Gasteiger partial charge >= 0.3 is 5.88 Å². The van der Waals surface area contributed by atoms with Crippen LogP contribution in [0.2, 0.25) is 0 Å². The van der Waals surface area contributed by atoms with Crippen molar-refractivity contribution in [2.24, 2.45) is 5.92 Å². The lowest BCUT2D eigenvalue weighted by atomic mass is 9.99. The van der Waals surface area contributed by atoms with Crippen LogP contribution in [0.3, 0.4) is 0 Å². The Hall–Kier alpha value is -2.67. The average Bonchev–Trinajstić information content (AvgIpc) is 3.09. The van der Waals surface area contributed by atoms with Gasteiger partial charge in [0.25, 0.3) is 5.91 Å². The molecule has 1 fully saturated rings. The molecule has 25 heavy (non-hydrogen) atoms. The minimum atomic E-state index is -0.674. The first kappa shape index (κ1) is 17.2. The third-order valence-corrected chi connectivity index (χ3v) is 4.49. The van der Waals surface area contributed by atoms with E-state index in [2.05, 4.69) is 17.1 Å². The molecule has 0 saturated carbocycles. The minimum Gasteiger partial charge on any atom is -0.395 e. The second-order valence-corrected chi connectivity index (χ2v) is 6.50. The predicted molar refractivity (Wildman–Crippen MR) is 93.4 cm³/mol. The maximum absolute atomic E-state index is 12.0. The van der Waals surface area contributed by atoms with Crippen molar-refractivity contribution in [3.63, 3.8) is 0 Å². The summed E-state index contributed by atoms with van der Waals surface area (Å²) >= 11 is 0. The van der Waals surface area contributed by atoms with E-state index in [1.807, 2.05) is 24.3 Å². The molecule has 7 nitrogen and oxygen atoms in total. The van der Waals surface area contributed by atoms with Crippen LogP contribution in [0, 0.1) is 16.0 Å². The molecule has 0 radical (unpaired) electrons. The summed E-state index contributed by atoms with van der Waals surface area (Å²) < 4.78 is 4.89. The highest BCUT2D eigenvalue weighted by Gasteiger charge is 2.18. The second-order valence-electron chi connectivity index (χ2n) is 6.50. The normalized spacial score (nSPS) is 15.9. The Labute approximate surface area is 145 Å². The van der Waals surface area contributed by atoms with Gasteiger partial charge in [-0.05, 0) is 55.6 Å². The maximum atomic E-state index is 12.0. The SMILES string of the molecule is CC1CCN(Cc2ccc(NC(=O)c3ccc([N+](=O)[O-])o3)cc2)CC1. The van der Waals surface area contributed by atoms with Crippen molar-refractivity contribution in [2.45, 2.75) is 26.3 Å². The van der Waals surface area contributed by atoms with E-state index in [4.69, 9.17) is 4.42 Å². The number of hydrogen-bond donors (Lipinski definition) is 1. The van der Waals surface area contributed by atoms with Gasteiger partial charge < -0.3 is 9.73 Å². The van der Waals surface area contributed by atoms with Crippen molar-refractivity contribution in [2.75, 3.05) is 18.4 Å². The summed E-state index contributed by atoms with van der Waals surface area (Å²) in [6.45, 7) is 5.45. The second kappa shape index (κ2) is 7.48. The topological polar surface area (TPSA) is 88.6 Å². The standard InChI is InChI=1S/C18H21N3O4/c1-13-8-10-20(11-9-13)12-14-2-4-15(5-3-14)19-18(22)16-6-7-17(25-16)21(23)24/h2-7,13H,8-12H2,1H3,(H,19,22). The minimum absolute atomic E-state index is 0.0850. The van der Waals surface area contributed by atoms with Crippen LogP contribution in [0.25, 0.3) is 0 Å². The van der Waals surface area contributed by atoms with Crippen molar-refractivity contribution in [3.05, 3.63) is 57.8 Å². The van der Waals surface area contributed by atoms with Gasteiger partial charge in [-0.1, -0.05) is 19.1 Å². The Morgan fingerprint density at radius 2 is 1.92 bits per heavy atom. The number of hydrogen-bond acceptors (Lipinski definition) is 5. The molecule has 0 aliphatic carbocycles. The lowest BCUT2D eigenvalue weighted by molar-refractivity contribution is -0.402. The summed E-state index contributed by atoms with van der Waals surface area (Å²) in [5.41, 5.74) is 1.82. The molecule has 3 rings (SSSR count). The zero-order valence-electron chi connectivity index (χ0n) is 14.1. The number of benzene rings is 1. The van der Waals surface area contributed by atoms with Crippen LogP contribution in [0.4, 0.5) is 11.6 Å². The fraction of sp³-hybridized carbons (Fsp3) is 0.389. The molecule has 1 aliphatic heterocycles. The van der Waals surface area contributed by atoms with Crippen molar-refractivity contribution < 1.29 is 14.1 Å². The molecule has 1 N–H and O–H groups in total. The Bertz CT molecular complexity index is 746. The smallest absolute Gasteiger partial charge is 0.395 e. The summed E-state index contributed by atoms with van der Waals surface area (Å²) in [5, 5.41) is 13.3. The molecule has 1 amide bonds. The lowest BCUT2D eigenvalue weighted by Gasteiger charge is -2.30. The Morgan fingerprint density at radius 3 is 2.52 bits per heavy atom. The molecule has 0 spiro atoms. The fourth-order valence-corrected chi connectivity index (χ4v) is 2.91. The Morgan fingerprint density at radius 1 is 1.24 bits per heavy atom. The highest BCUT2D eigenvalue weighted by Crippen LogP contribution is 2.20. The first-order chi connectivity index (χ1) is 12.0. The Kier molecular flexibility index (Phi) is 5.14. The first-order valence-electron chi connectivity index (χ1n) is 8.38. The molecule has 132 valence electrons. The number of likely N-dealkylation sites (tertiary alicyclic amines) is 1. The largest absolute Gasteiger partial charge is 0.433 e. The summed E-state index contributed by atoms with van der Waals surface area (Å²) in [6, 6.07) is 10.1. The molecule has 7 heteroatoms. The first-order valence-corrected chi connectivity index (χ1v) is 8.38. The van der Waals surface area contributed by atoms with Gasteiger partial charge in [-0.3, -0.25) is 19.8 Å². The molecule has 0 unspecified atom stereocenters. The number of nitrogens with one attached hydrogen (secondary N) is 1. The van der Waals surface area contributed by atoms with Gasteiger partial charge in [0.1, 0.15) is 4.92 Å². The molecule has 1 aliphatic rings. The number of nitrogens with zero attached hydrogens (tertiary/aromatic N) is 2. The molecule has 0 bridgehead atoms. The number of piperidine rings is 1. The van der Waals surface area contributed by atoms with Crippen LogP contribution in [-0.4, -0.2) is 28.8 Å². The van der Waals surface area contributed by atoms with E-state index in [0.29, 0.717) is 5.69 Å². The van der Waals surface area contributed by atoms with E-state index in [-0.39, 0.29) is 5.76 Å². The van der Waals surface area contributed by atoms with Crippen molar-refractivity contribution in [1.29, 1.82) is 0 Å². The number of amides is 1. The third-order valence-electron chi connectivity index (χ3n) is 4.49. The van der Waals surface area contributed by atoms with E-state index in [1.165, 1.54) is 24.5 Å². The molecular formula is C18H21N3O4. The predicted octanol–water partition coefficient (Wildman–Crippen LogP) is 3.67. The molecule has 1 aromatic carbocycles. The van der Waals surface area contributed by atoms with Gasteiger partial charge in [0.15, 0.2) is 5.76 Å². The number of anilines is 1. The average molecular weight is 343 g/mol. The molecule has 2 heterocycles. The van der Waals surface area contributed by atoms with Gasteiger partial charge in [0, 0.05) is 12.2 Å². The van der Waals surface area contributed by atoms with Gasteiger partial charge in [-0.15, -0.1) is 0 Å². The van der Waals surface area contributed by atoms with E-state index >= 15 is 0 Å².